The van der Waals surface area contributed by atoms with Gasteiger partial charge in [0, 0.05) is 25.5 Å². The molecule has 3 nitrogen and oxygen atoms in total. The fourth-order valence-electron chi connectivity index (χ4n) is 2.15. The van der Waals surface area contributed by atoms with E-state index < -0.39 is 0 Å². The van der Waals surface area contributed by atoms with Gasteiger partial charge in [0.1, 0.15) is 11.9 Å². The molecule has 1 heterocycles. The molecular formula is C17H22N2O. The van der Waals surface area contributed by atoms with Crippen molar-refractivity contribution in [2.75, 3.05) is 6.54 Å². The Bertz CT molecular complexity index is 520. The zero-order chi connectivity index (χ0) is 14.4. The predicted molar refractivity (Wildman–Crippen MR) is 81.9 cm³/mol. The zero-order valence-electron chi connectivity index (χ0n) is 12.4. The molecule has 1 unspecified atom stereocenters. The van der Waals surface area contributed by atoms with Crippen molar-refractivity contribution in [1.29, 1.82) is 0 Å². The maximum atomic E-state index is 6.04. The van der Waals surface area contributed by atoms with Gasteiger partial charge in [0.2, 0.25) is 0 Å². The lowest BCUT2D eigenvalue weighted by molar-refractivity contribution is 0.214. The van der Waals surface area contributed by atoms with Crippen LogP contribution in [0.15, 0.2) is 42.7 Å². The van der Waals surface area contributed by atoms with Gasteiger partial charge in [-0.3, -0.25) is 4.98 Å². The van der Waals surface area contributed by atoms with Crippen LogP contribution >= 0.6 is 0 Å². The molecule has 0 spiro atoms. The summed E-state index contributed by atoms with van der Waals surface area (Å²) in [6.45, 7) is 7.87. The van der Waals surface area contributed by atoms with E-state index in [4.69, 9.17) is 4.74 Å². The van der Waals surface area contributed by atoms with Crippen LogP contribution in [-0.4, -0.2) is 17.6 Å². The van der Waals surface area contributed by atoms with Gasteiger partial charge in [-0.25, -0.2) is 0 Å². The van der Waals surface area contributed by atoms with Crippen molar-refractivity contribution >= 4 is 0 Å². The van der Waals surface area contributed by atoms with E-state index in [1.807, 2.05) is 12.3 Å². The monoisotopic (exact) mass is 270 g/mol. The molecule has 0 aliphatic heterocycles. The first-order valence-electron chi connectivity index (χ1n) is 6.99. The Morgan fingerprint density at radius 1 is 1.15 bits per heavy atom. The molecule has 0 amide bonds. The highest BCUT2D eigenvalue weighted by Gasteiger charge is 2.08. The number of hydrogen-bond acceptors (Lipinski definition) is 3. The molecule has 0 saturated carbocycles. The van der Waals surface area contributed by atoms with Crippen molar-refractivity contribution < 1.29 is 4.74 Å². The second-order valence-corrected chi connectivity index (χ2v) is 5.14. The van der Waals surface area contributed by atoms with Crippen molar-refractivity contribution in [3.63, 3.8) is 0 Å². The number of aromatic nitrogens is 1. The van der Waals surface area contributed by atoms with Crippen LogP contribution in [0.1, 0.15) is 23.6 Å². The predicted octanol–water partition coefficient (Wildman–Crippen LogP) is 3.26. The largest absolute Gasteiger partial charge is 0.489 e. The van der Waals surface area contributed by atoms with E-state index in [-0.39, 0.29) is 6.10 Å². The molecule has 3 heteroatoms. The Morgan fingerprint density at radius 3 is 2.55 bits per heavy atom. The summed E-state index contributed by atoms with van der Waals surface area (Å²) in [5, 5.41) is 3.40. The maximum absolute atomic E-state index is 6.04. The highest BCUT2D eigenvalue weighted by molar-refractivity contribution is 5.39. The van der Waals surface area contributed by atoms with Crippen LogP contribution < -0.4 is 10.1 Å². The van der Waals surface area contributed by atoms with Gasteiger partial charge in [-0.1, -0.05) is 24.3 Å². The smallest absolute Gasteiger partial charge is 0.125 e. The van der Waals surface area contributed by atoms with Gasteiger partial charge >= 0.3 is 0 Å². The Balaban J connectivity index is 1.82. The summed E-state index contributed by atoms with van der Waals surface area (Å²) in [4.78, 5) is 4.10. The second-order valence-electron chi connectivity index (χ2n) is 5.14. The van der Waals surface area contributed by atoms with E-state index >= 15 is 0 Å². The van der Waals surface area contributed by atoms with Crippen molar-refractivity contribution in [1.82, 2.24) is 10.3 Å². The van der Waals surface area contributed by atoms with Crippen LogP contribution in [0, 0.1) is 13.8 Å². The molecule has 1 atom stereocenters. The number of nitrogens with one attached hydrogen (secondary N) is 1. The molecule has 0 saturated heterocycles. The molecule has 1 N–H and O–H groups in total. The van der Waals surface area contributed by atoms with E-state index in [0.717, 1.165) is 18.8 Å². The highest BCUT2D eigenvalue weighted by atomic mass is 16.5. The van der Waals surface area contributed by atoms with E-state index in [1.54, 1.807) is 6.20 Å². The number of aryl methyl sites for hydroxylation is 2. The van der Waals surface area contributed by atoms with Gasteiger partial charge in [-0.05, 0) is 43.5 Å². The summed E-state index contributed by atoms with van der Waals surface area (Å²) >= 11 is 0. The SMILES string of the molecule is Cc1cccc(C)c1OC(C)CNCc1cccnc1. The third-order valence-electron chi connectivity index (χ3n) is 3.21. The second kappa shape index (κ2) is 7.06. The standard InChI is InChI=1S/C17H22N2O/c1-13-6-4-7-14(2)17(13)20-15(3)10-19-12-16-8-5-9-18-11-16/h4-9,11,15,19H,10,12H2,1-3H3. The van der Waals surface area contributed by atoms with Gasteiger partial charge in [0.25, 0.3) is 0 Å². The lowest BCUT2D eigenvalue weighted by Gasteiger charge is -2.18. The van der Waals surface area contributed by atoms with Gasteiger partial charge in [0.05, 0.1) is 0 Å². The van der Waals surface area contributed by atoms with Crippen molar-refractivity contribution in [3.05, 3.63) is 59.4 Å². The molecule has 0 bridgehead atoms. The fourth-order valence-corrected chi connectivity index (χ4v) is 2.15. The van der Waals surface area contributed by atoms with E-state index in [0.29, 0.717) is 0 Å². The van der Waals surface area contributed by atoms with Crippen LogP contribution in [-0.2, 0) is 6.54 Å². The number of rotatable bonds is 6. The fraction of sp³-hybridized carbons (Fsp3) is 0.353. The lowest BCUT2D eigenvalue weighted by atomic mass is 10.1. The minimum absolute atomic E-state index is 0.131. The molecule has 0 fully saturated rings. The normalized spacial score (nSPS) is 12.2. The van der Waals surface area contributed by atoms with Gasteiger partial charge in [-0.15, -0.1) is 0 Å². The Morgan fingerprint density at radius 2 is 1.90 bits per heavy atom. The van der Waals surface area contributed by atoms with E-state index in [1.165, 1.54) is 16.7 Å². The lowest BCUT2D eigenvalue weighted by Crippen LogP contribution is -2.29. The topological polar surface area (TPSA) is 34.1 Å². The minimum Gasteiger partial charge on any atom is -0.489 e. The number of hydrogen-bond donors (Lipinski definition) is 1. The number of pyridine rings is 1. The summed E-state index contributed by atoms with van der Waals surface area (Å²) < 4.78 is 6.04. The molecule has 0 aliphatic carbocycles. The molecule has 20 heavy (non-hydrogen) atoms. The molecule has 1 aromatic heterocycles. The summed E-state index contributed by atoms with van der Waals surface area (Å²) in [6.07, 6.45) is 3.80. The first-order valence-corrected chi connectivity index (χ1v) is 6.99. The summed E-state index contributed by atoms with van der Waals surface area (Å²) in [5.74, 6) is 1.00. The van der Waals surface area contributed by atoms with E-state index in [9.17, 15) is 0 Å². The third kappa shape index (κ3) is 4.07. The summed E-state index contributed by atoms with van der Waals surface area (Å²) in [7, 11) is 0. The Kier molecular flexibility index (Phi) is 5.13. The van der Waals surface area contributed by atoms with Crippen LogP contribution in [0.4, 0.5) is 0 Å². The molecular weight excluding hydrogens is 248 g/mol. The highest BCUT2D eigenvalue weighted by Crippen LogP contribution is 2.23. The molecule has 0 aliphatic rings. The van der Waals surface area contributed by atoms with Gasteiger partial charge in [0.15, 0.2) is 0 Å². The first kappa shape index (κ1) is 14.5. The average molecular weight is 270 g/mol. The van der Waals surface area contributed by atoms with Crippen LogP contribution in [0.2, 0.25) is 0 Å². The van der Waals surface area contributed by atoms with Crippen molar-refractivity contribution in [2.45, 2.75) is 33.4 Å². The molecule has 0 radical (unpaired) electrons. The van der Waals surface area contributed by atoms with Crippen LogP contribution in [0.5, 0.6) is 5.75 Å². The van der Waals surface area contributed by atoms with Crippen molar-refractivity contribution in [2.24, 2.45) is 0 Å². The molecule has 1 aromatic carbocycles. The number of ether oxygens (including phenoxy) is 1. The molecule has 106 valence electrons. The van der Waals surface area contributed by atoms with Crippen LogP contribution in [0.25, 0.3) is 0 Å². The molecule has 2 aromatic rings. The minimum atomic E-state index is 0.131. The maximum Gasteiger partial charge on any atom is 0.125 e. The number of benzene rings is 1. The van der Waals surface area contributed by atoms with Gasteiger partial charge in [-0.2, -0.15) is 0 Å². The third-order valence-corrected chi connectivity index (χ3v) is 3.21. The van der Waals surface area contributed by atoms with Gasteiger partial charge < -0.3 is 10.1 Å². The molecule has 2 rings (SSSR count). The van der Waals surface area contributed by atoms with E-state index in [2.05, 4.69) is 55.3 Å². The number of nitrogens with zero attached hydrogens (tertiary/aromatic N) is 1. The quantitative estimate of drug-likeness (QED) is 0.875. The average Bonchev–Trinajstić information content (AvgIpc) is 2.44. The number of para-hydroxylation sites is 1. The first-order chi connectivity index (χ1) is 9.66. The van der Waals surface area contributed by atoms with Crippen molar-refractivity contribution in [3.8, 4) is 5.75 Å². The Labute approximate surface area is 121 Å². The summed E-state index contributed by atoms with van der Waals surface area (Å²) in [5.41, 5.74) is 3.56. The Hall–Kier alpha value is -1.87. The summed E-state index contributed by atoms with van der Waals surface area (Å²) in [6, 6.07) is 10.2. The zero-order valence-corrected chi connectivity index (χ0v) is 12.4. The van der Waals surface area contributed by atoms with Crippen LogP contribution in [0.3, 0.4) is 0 Å².